The summed E-state index contributed by atoms with van der Waals surface area (Å²) in [5.41, 5.74) is 10.5. The number of hydrazone groups is 1. The maximum absolute atomic E-state index is 5.85. The molecule has 1 aromatic carbocycles. The van der Waals surface area contributed by atoms with Gasteiger partial charge in [-0.25, -0.2) is 0 Å². The first-order valence-corrected chi connectivity index (χ1v) is 6.24. The minimum absolute atomic E-state index is 0.119. The van der Waals surface area contributed by atoms with Crippen molar-refractivity contribution in [2.75, 3.05) is 0 Å². The molecule has 0 amide bonds. The van der Waals surface area contributed by atoms with E-state index in [0.717, 1.165) is 11.1 Å². The zero-order chi connectivity index (χ0) is 13.7. The Hall–Kier alpha value is -1.98. The Morgan fingerprint density at radius 1 is 1.21 bits per heavy atom. The number of halogens is 1. The van der Waals surface area contributed by atoms with Crippen molar-refractivity contribution >= 4 is 35.1 Å². The first-order valence-electron chi connectivity index (χ1n) is 5.45. The smallest absolute Gasteiger partial charge is 0.184 e. The van der Waals surface area contributed by atoms with Crippen molar-refractivity contribution in [3.05, 3.63) is 53.3 Å². The summed E-state index contributed by atoms with van der Waals surface area (Å²) in [5, 5.41) is 4.67. The first-order chi connectivity index (χ1) is 9.15. The predicted molar refractivity (Wildman–Crippen MR) is 82.2 cm³/mol. The molecule has 96 valence electrons. The lowest BCUT2D eigenvalue weighted by Crippen LogP contribution is -2.24. The van der Waals surface area contributed by atoms with Gasteiger partial charge < -0.3 is 5.73 Å². The zero-order valence-corrected chi connectivity index (χ0v) is 11.4. The minimum Gasteiger partial charge on any atom is -0.375 e. The van der Waals surface area contributed by atoms with Gasteiger partial charge in [-0.3, -0.25) is 10.4 Å². The van der Waals surface area contributed by atoms with Gasteiger partial charge in [-0.05, 0) is 36.0 Å². The van der Waals surface area contributed by atoms with Crippen molar-refractivity contribution in [1.82, 2.24) is 10.4 Å². The summed E-state index contributed by atoms with van der Waals surface area (Å²) in [6.07, 6.45) is 3.32. The zero-order valence-electron chi connectivity index (χ0n) is 9.88. The van der Waals surface area contributed by atoms with Crippen LogP contribution < -0.4 is 11.2 Å². The van der Waals surface area contributed by atoms with E-state index >= 15 is 0 Å². The van der Waals surface area contributed by atoms with Crippen LogP contribution in [0.15, 0.2) is 47.7 Å². The SMILES string of the molecule is NC(=S)NN=Cc1ccc(-c2ccc(Cl)cc2)cn1. The van der Waals surface area contributed by atoms with Crippen LogP contribution in [0.5, 0.6) is 0 Å². The predicted octanol–water partition coefficient (Wildman–Crippen LogP) is 2.57. The highest BCUT2D eigenvalue weighted by Gasteiger charge is 1.98. The van der Waals surface area contributed by atoms with E-state index < -0.39 is 0 Å². The van der Waals surface area contributed by atoms with E-state index in [-0.39, 0.29) is 5.11 Å². The summed E-state index contributed by atoms with van der Waals surface area (Å²) in [5.74, 6) is 0. The molecular formula is C13H11ClN4S. The van der Waals surface area contributed by atoms with Crippen LogP contribution in [0.25, 0.3) is 11.1 Å². The average molecular weight is 291 g/mol. The standard InChI is InChI=1S/C13H11ClN4S/c14-11-4-1-9(2-5-11)10-3-6-12(16-7-10)8-17-18-13(15)19/h1-8H,(H3,15,18,19). The van der Waals surface area contributed by atoms with Crippen LogP contribution >= 0.6 is 23.8 Å². The second kappa shape index (κ2) is 6.26. The lowest BCUT2D eigenvalue weighted by Gasteiger charge is -2.01. The van der Waals surface area contributed by atoms with Gasteiger partial charge in [0.05, 0.1) is 11.9 Å². The van der Waals surface area contributed by atoms with Gasteiger partial charge in [0.1, 0.15) is 0 Å². The molecule has 2 aromatic rings. The van der Waals surface area contributed by atoms with Crippen LogP contribution in [0, 0.1) is 0 Å². The summed E-state index contributed by atoms with van der Waals surface area (Å²) >= 11 is 10.5. The highest BCUT2D eigenvalue weighted by molar-refractivity contribution is 7.80. The summed E-state index contributed by atoms with van der Waals surface area (Å²) < 4.78 is 0. The van der Waals surface area contributed by atoms with Gasteiger partial charge in [0.2, 0.25) is 0 Å². The average Bonchev–Trinajstić information content (AvgIpc) is 2.40. The fourth-order valence-electron chi connectivity index (χ4n) is 1.46. The molecule has 19 heavy (non-hydrogen) atoms. The van der Waals surface area contributed by atoms with Gasteiger partial charge in [-0.1, -0.05) is 29.8 Å². The molecule has 0 saturated carbocycles. The molecule has 1 heterocycles. The molecule has 0 spiro atoms. The van der Waals surface area contributed by atoms with Crippen molar-refractivity contribution in [1.29, 1.82) is 0 Å². The molecule has 1 aromatic heterocycles. The fraction of sp³-hybridized carbons (Fsp3) is 0. The largest absolute Gasteiger partial charge is 0.375 e. The van der Waals surface area contributed by atoms with Gasteiger partial charge in [-0.2, -0.15) is 5.10 Å². The third-order valence-electron chi connectivity index (χ3n) is 2.34. The number of nitrogens with zero attached hydrogens (tertiary/aromatic N) is 2. The van der Waals surface area contributed by atoms with Crippen LogP contribution in [0.3, 0.4) is 0 Å². The topological polar surface area (TPSA) is 63.3 Å². The van der Waals surface area contributed by atoms with Crippen LogP contribution in [0.2, 0.25) is 5.02 Å². The number of benzene rings is 1. The van der Waals surface area contributed by atoms with E-state index in [1.165, 1.54) is 0 Å². The summed E-state index contributed by atoms with van der Waals surface area (Å²) in [6, 6.07) is 11.4. The molecule has 3 N–H and O–H groups in total. The first kappa shape index (κ1) is 13.5. The van der Waals surface area contributed by atoms with Gasteiger partial charge in [0, 0.05) is 16.8 Å². The molecule has 0 aliphatic carbocycles. The molecule has 4 nitrogen and oxygen atoms in total. The van der Waals surface area contributed by atoms with Gasteiger partial charge in [0.25, 0.3) is 0 Å². The highest BCUT2D eigenvalue weighted by atomic mass is 35.5. The Labute approximate surface area is 121 Å². The van der Waals surface area contributed by atoms with Crippen molar-refractivity contribution in [2.45, 2.75) is 0 Å². The Bertz CT molecular complexity index is 593. The van der Waals surface area contributed by atoms with E-state index in [2.05, 4.69) is 27.7 Å². The number of thiocarbonyl (C=S) groups is 1. The maximum Gasteiger partial charge on any atom is 0.184 e. The molecule has 6 heteroatoms. The second-order valence-electron chi connectivity index (χ2n) is 3.71. The lowest BCUT2D eigenvalue weighted by atomic mass is 10.1. The Morgan fingerprint density at radius 2 is 1.89 bits per heavy atom. The van der Waals surface area contributed by atoms with Crippen LogP contribution in [0.4, 0.5) is 0 Å². The summed E-state index contributed by atoms with van der Waals surface area (Å²) in [6.45, 7) is 0. The Kier molecular flexibility index (Phi) is 4.43. The fourth-order valence-corrected chi connectivity index (χ4v) is 1.64. The summed E-state index contributed by atoms with van der Waals surface area (Å²) in [4.78, 5) is 4.27. The van der Waals surface area contributed by atoms with Crippen molar-refractivity contribution in [3.8, 4) is 11.1 Å². The van der Waals surface area contributed by atoms with E-state index in [1.807, 2.05) is 36.4 Å². The van der Waals surface area contributed by atoms with Crippen LogP contribution in [-0.4, -0.2) is 16.3 Å². The Morgan fingerprint density at radius 3 is 2.47 bits per heavy atom. The quantitative estimate of drug-likeness (QED) is 0.518. The molecule has 0 saturated heterocycles. The second-order valence-corrected chi connectivity index (χ2v) is 4.59. The molecule has 2 rings (SSSR count). The minimum atomic E-state index is 0.119. The van der Waals surface area contributed by atoms with Gasteiger partial charge in [-0.15, -0.1) is 0 Å². The number of rotatable bonds is 3. The normalized spacial score (nSPS) is 10.6. The molecule has 0 bridgehead atoms. The molecule has 0 unspecified atom stereocenters. The maximum atomic E-state index is 5.85. The number of hydrogen-bond acceptors (Lipinski definition) is 3. The third kappa shape index (κ3) is 4.01. The number of aromatic nitrogens is 1. The van der Waals surface area contributed by atoms with E-state index in [1.54, 1.807) is 12.4 Å². The number of hydrogen-bond donors (Lipinski definition) is 2. The number of nitrogens with one attached hydrogen (secondary N) is 1. The Balaban J connectivity index is 2.12. The van der Waals surface area contributed by atoms with Crippen LogP contribution in [-0.2, 0) is 0 Å². The van der Waals surface area contributed by atoms with E-state index in [0.29, 0.717) is 10.7 Å². The van der Waals surface area contributed by atoms with Gasteiger partial charge in [0.15, 0.2) is 5.11 Å². The summed E-state index contributed by atoms with van der Waals surface area (Å²) in [7, 11) is 0. The molecule has 0 radical (unpaired) electrons. The molecule has 0 aliphatic rings. The number of pyridine rings is 1. The third-order valence-corrected chi connectivity index (χ3v) is 2.68. The van der Waals surface area contributed by atoms with E-state index in [4.69, 9.17) is 17.3 Å². The molecule has 0 aliphatic heterocycles. The van der Waals surface area contributed by atoms with E-state index in [9.17, 15) is 0 Å². The molecular weight excluding hydrogens is 280 g/mol. The van der Waals surface area contributed by atoms with Crippen molar-refractivity contribution in [3.63, 3.8) is 0 Å². The highest BCUT2D eigenvalue weighted by Crippen LogP contribution is 2.20. The lowest BCUT2D eigenvalue weighted by molar-refractivity contribution is 1.04. The van der Waals surface area contributed by atoms with Gasteiger partial charge >= 0.3 is 0 Å². The molecule has 0 fully saturated rings. The monoisotopic (exact) mass is 290 g/mol. The molecule has 0 atom stereocenters. The van der Waals surface area contributed by atoms with Crippen molar-refractivity contribution in [2.24, 2.45) is 10.8 Å². The van der Waals surface area contributed by atoms with Crippen LogP contribution in [0.1, 0.15) is 5.69 Å². The number of nitrogens with two attached hydrogens (primary N) is 1. The van der Waals surface area contributed by atoms with Crippen molar-refractivity contribution < 1.29 is 0 Å².